The van der Waals surface area contributed by atoms with Gasteiger partial charge in [0.15, 0.2) is 6.61 Å². The van der Waals surface area contributed by atoms with Crippen molar-refractivity contribution >= 4 is 11.8 Å². The van der Waals surface area contributed by atoms with Crippen molar-refractivity contribution in [1.29, 1.82) is 0 Å². The average Bonchev–Trinajstić information content (AvgIpc) is 2.75. The summed E-state index contributed by atoms with van der Waals surface area (Å²) < 4.78 is 11.0. The number of carbonyl (C=O) groups is 2. The van der Waals surface area contributed by atoms with Crippen LogP contribution >= 0.6 is 0 Å². The predicted molar refractivity (Wildman–Crippen MR) is 113 cm³/mol. The largest absolute Gasteiger partial charge is 0.497 e. The van der Waals surface area contributed by atoms with Crippen LogP contribution in [0.1, 0.15) is 37.8 Å². The monoisotopic (exact) mass is 398 g/mol. The summed E-state index contributed by atoms with van der Waals surface area (Å²) in [5.41, 5.74) is 1.94. The first-order valence-corrected chi connectivity index (χ1v) is 9.73. The molecule has 6 heteroatoms. The molecule has 0 aliphatic carbocycles. The molecule has 2 aromatic rings. The lowest BCUT2D eigenvalue weighted by Gasteiger charge is -2.28. The van der Waals surface area contributed by atoms with Gasteiger partial charge in [0.2, 0.25) is 5.91 Å². The number of amides is 2. The average molecular weight is 399 g/mol. The van der Waals surface area contributed by atoms with E-state index in [2.05, 4.69) is 19.2 Å². The molecule has 2 aromatic carbocycles. The van der Waals surface area contributed by atoms with Gasteiger partial charge in [-0.25, -0.2) is 0 Å². The molecule has 156 valence electrons. The van der Waals surface area contributed by atoms with Gasteiger partial charge in [0, 0.05) is 13.6 Å². The van der Waals surface area contributed by atoms with E-state index < -0.39 is 6.04 Å². The highest BCUT2D eigenvalue weighted by Crippen LogP contribution is 2.26. The number of benzene rings is 2. The van der Waals surface area contributed by atoms with E-state index in [-0.39, 0.29) is 24.3 Å². The van der Waals surface area contributed by atoms with E-state index in [0.29, 0.717) is 12.3 Å². The maximum Gasteiger partial charge on any atom is 0.261 e. The lowest BCUT2D eigenvalue weighted by molar-refractivity contribution is -0.142. The first-order valence-electron chi connectivity index (χ1n) is 9.73. The summed E-state index contributed by atoms with van der Waals surface area (Å²) in [5.74, 6) is 1.22. The molecule has 0 aliphatic heterocycles. The Morgan fingerprint density at radius 1 is 1.03 bits per heavy atom. The first-order chi connectivity index (χ1) is 13.9. The molecular formula is C23H30N2O4. The van der Waals surface area contributed by atoms with E-state index in [1.165, 1.54) is 4.90 Å². The number of hydrogen-bond acceptors (Lipinski definition) is 4. The summed E-state index contributed by atoms with van der Waals surface area (Å²) in [7, 11) is 3.16. The molecule has 0 saturated heterocycles. The second-order valence-electron chi connectivity index (χ2n) is 7.14. The Labute approximate surface area is 172 Å². The fraction of sp³-hybridized carbons (Fsp3) is 0.391. The lowest BCUT2D eigenvalue weighted by atomic mass is 10.0. The van der Waals surface area contributed by atoms with Gasteiger partial charge in [-0.1, -0.05) is 44.2 Å². The zero-order valence-corrected chi connectivity index (χ0v) is 17.8. The molecule has 0 saturated carbocycles. The number of ether oxygens (including phenoxy) is 2. The van der Waals surface area contributed by atoms with Crippen LogP contribution in [0.5, 0.6) is 11.5 Å². The fourth-order valence-corrected chi connectivity index (χ4v) is 3.03. The Balaban J connectivity index is 2.16. The van der Waals surface area contributed by atoms with Crippen molar-refractivity contribution in [3.05, 3.63) is 59.7 Å². The fourth-order valence-electron chi connectivity index (χ4n) is 3.03. The summed E-state index contributed by atoms with van der Waals surface area (Å²) in [6, 6.07) is 14.5. The highest BCUT2D eigenvalue weighted by Gasteiger charge is 2.26. The predicted octanol–water partition coefficient (Wildman–Crippen LogP) is 3.36. The van der Waals surface area contributed by atoms with Crippen molar-refractivity contribution in [1.82, 2.24) is 10.2 Å². The second kappa shape index (κ2) is 10.5. The number of likely N-dealkylation sites (N-methyl/N-ethyl adjacent to an activating group) is 1. The normalized spacial score (nSPS) is 11.7. The van der Waals surface area contributed by atoms with Crippen LogP contribution in [0, 0.1) is 0 Å². The van der Waals surface area contributed by atoms with E-state index in [9.17, 15) is 9.59 Å². The molecule has 0 bridgehead atoms. The van der Waals surface area contributed by atoms with Crippen molar-refractivity contribution in [3.8, 4) is 11.5 Å². The quantitative estimate of drug-likeness (QED) is 0.703. The van der Waals surface area contributed by atoms with E-state index in [0.717, 1.165) is 16.9 Å². The maximum absolute atomic E-state index is 13.0. The topological polar surface area (TPSA) is 67.9 Å². The molecular weight excluding hydrogens is 368 g/mol. The summed E-state index contributed by atoms with van der Waals surface area (Å²) >= 11 is 0. The van der Waals surface area contributed by atoms with Crippen LogP contribution in [0.15, 0.2) is 48.5 Å². The van der Waals surface area contributed by atoms with Crippen LogP contribution in [0.3, 0.4) is 0 Å². The Morgan fingerprint density at radius 2 is 1.69 bits per heavy atom. The minimum absolute atomic E-state index is 0.138. The van der Waals surface area contributed by atoms with Crippen LogP contribution < -0.4 is 14.8 Å². The number of methoxy groups -OCH3 is 1. The summed E-state index contributed by atoms with van der Waals surface area (Å²) in [6.07, 6.45) is 0. The van der Waals surface area contributed by atoms with Gasteiger partial charge in [0.25, 0.3) is 5.91 Å². The molecule has 0 aromatic heterocycles. The Kier molecular flexibility index (Phi) is 8.07. The molecule has 29 heavy (non-hydrogen) atoms. The molecule has 0 spiro atoms. The highest BCUT2D eigenvalue weighted by atomic mass is 16.5. The molecule has 0 fully saturated rings. The van der Waals surface area contributed by atoms with Crippen molar-refractivity contribution in [2.24, 2.45) is 0 Å². The third-order valence-corrected chi connectivity index (χ3v) is 4.82. The summed E-state index contributed by atoms with van der Waals surface area (Å²) in [5, 5.41) is 2.61. The lowest BCUT2D eigenvalue weighted by Crippen LogP contribution is -2.48. The van der Waals surface area contributed by atoms with Gasteiger partial charge in [-0.15, -0.1) is 0 Å². The molecule has 1 atom stereocenters. The van der Waals surface area contributed by atoms with Crippen LogP contribution in [-0.4, -0.2) is 43.5 Å². The third kappa shape index (κ3) is 5.98. The third-order valence-electron chi connectivity index (χ3n) is 4.82. The number of rotatable bonds is 9. The van der Waals surface area contributed by atoms with Gasteiger partial charge in [-0.3, -0.25) is 9.59 Å². The Hall–Kier alpha value is -3.02. The van der Waals surface area contributed by atoms with Crippen LogP contribution in [0.4, 0.5) is 0 Å². The number of nitrogens with one attached hydrogen (secondary N) is 1. The van der Waals surface area contributed by atoms with Gasteiger partial charge in [0.1, 0.15) is 17.5 Å². The molecule has 6 nitrogen and oxygen atoms in total. The summed E-state index contributed by atoms with van der Waals surface area (Å²) in [4.78, 5) is 26.7. The van der Waals surface area contributed by atoms with Gasteiger partial charge in [-0.2, -0.15) is 0 Å². The van der Waals surface area contributed by atoms with Gasteiger partial charge in [0.05, 0.1) is 7.11 Å². The SMILES string of the molecule is CNC(=O)C(C)N(Cc1ccc(OC)cc1)C(=O)COc1ccccc1C(C)C. The molecule has 0 aliphatic rings. The number of para-hydroxylation sites is 1. The van der Waals surface area contributed by atoms with E-state index in [1.807, 2.05) is 48.5 Å². The Bertz CT molecular complexity index is 818. The summed E-state index contributed by atoms with van der Waals surface area (Å²) in [6.45, 7) is 6.03. The van der Waals surface area contributed by atoms with Crippen LogP contribution in [0.25, 0.3) is 0 Å². The highest BCUT2D eigenvalue weighted by molar-refractivity contribution is 5.87. The zero-order valence-electron chi connectivity index (χ0n) is 17.8. The van der Waals surface area contributed by atoms with Gasteiger partial charge < -0.3 is 19.7 Å². The van der Waals surface area contributed by atoms with Crippen LogP contribution in [-0.2, 0) is 16.1 Å². The molecule has 1 N–H and O–H groups in total. The molecule has 0 radical (unpaired) electrons. The smallest absolute Gasteiger partial charge is 0.261 e. The molecule has 2 rings (SSSR count). The van der Waals surface area contributed by atoms with E-state index >= 15 is 0 Å². The van der Waals surface area contributed by atoms with Gasteiger partial charge >= 0.3 is 0 Å². The molecule has 0 heterocycles. The second-order valence-corrected chi connectivity index (χ2v) is 7.14. The molecule has 1 unspecified atom stereocenters. The van der Waals surface area contributed by atoms with E-state index in [4.69, 9.17) is 9.47 Å². The van der Waals surface area contributed by atoms with E-state index in [1.54, 1.807) is 21.1 Å². The van der Waals surface area contributed by atoms with Crippen molar-refractivity contribution in [2.45, 2.75) is 39.3 Å². The maximum atomic E-state index is 13.0. The van der Waals surface area contributed by atoms with Crippen molar-refractivity contribution < 1.29 is 19.1 Å². The number of hydrogen-bond donors (Lipinski definition) is 1. The van der Waals surface area contributed by atoms with Crippen LogP contribution in [0.2, 0.25) is 0 Å². The minimum atomic E-state index is -0.626. The van der Waals surface area contributed by atoms with Crippen molar-refractivity contribution in [3.63, 3.8) is 0 Å². The standard InChI is InChI=1S/C23H30N2O4/c1-16(2)20-8-6-7-9-21(20)29-15-22(26)25(17(3)23(27)24-4)14-18-10-12-19(28-5)13-11-18/h6-13,16-17H,14-15H2,1-5H3,(H,24,27). The number of nitrogens with zero attached hydrogens (tertiary/aromatic N) is 1. The number of carbonyl (C=O) groups excluding carboxylic acids is 2. The minimum Gasteiger partial charge on any atom is -0.497 e. The first kappa shape index (κ1) is 22.3. The Morgan fingerprint density at radius 3 is 2.28 bits per heavy atom. The van der Waals surface area contributed by atoms with Crippen molar-refractivity contribution in [2.75, 3.05) is 20.8 Å². The molecule has 2 amide bonds. The zero-order chi connectivity index (χ0) is 21.4. The van der Waals surface area contributed by atoms with Gasteiger partial charge in [-0.05, 0) is 42.2 Å².